The molecule has 11 nitrogen and oxygen atoms in total. The molecule has 1 aliphatic rings. The Morgan fingerprint density at radius 2 is 1.20 bits per heavy atom. The number of benzene rings is 2. The minimum absolute atomic E-state index is 0.0205. The van der Waals surface area contributed by atoms with Gasteiger partial charge in [-0.3, -0.25) is 19.2 Å². The Morgan fingerprint density at radius 3 is 1.70 bits per heavy atom. The third-order valence-electron chi connectivity index (χ3n) is 6.64. The molecule has 3 N–H and O–H groups in total. The van der Waals surface area contributed by atoms with Crippen LogP contribution in [0.3, 0.4) is 0 Å². The van der Waals surface area contributed by atoms with Gasteiger partial charge in [0.15, 0.2) is 24.1 Å². The maximum Gasteiger partial charge on any atom is 0.221 e. The minimum atomic E-state index is -0.546. The SMILES string of the molecule is COC(CCC(=O)CCNc1ccc(NCCC(=O)NCC(OC)OC)c2c1C(=O)c1ccccc1C2=O)OC. The maximum atomic E-state index is 13.6. The van der Waals surface area contributed by atoms with Crippen LogP contribution in [-0.4, -0.2) is 83.9 Å². The largest absolute Gasteiger partial charge is 0.384 e. The zero-order chi connectivity index (χ0) is 29.1. The van der Waals surface area contributed by atoms with Gasteiger partial charge in [-0.15, -0.1) is 0 Å². The lowest BCUT2D eigenvalue weighted by molar-refractivity contribution is -0.127. The van der Waals surface area contributed by atoms with Crippen LogP contribution in [0.5, 0.6) is 0 Å². The predicted molar refractivity (Wildman–Crippen MR) is 149 cm³/mol. The Morgan fingerprint density at radius 1 is 0.700 bits per heavy atom. The van der Waals surface area contributed by atoms with Crippen molar-refractivity contribution in [3.8, 4) is 0 Å². The molecule has 0 saturated heterocycles. The van der Waals surface area contributed by atoms with E-state index in [-0.39, 0.29) is 66.9 Å². The van der Waals surface area contributed by atoms with Gasteiger partial charge in [0.25, 0.3) is 0 Å². The van der Waals surface area contributed by atoms with Gasteiger partial charge in [-0.2, -0.15) is 0 Å². The van der Waals surface area contributed by atoms with Gasteiger partial charge in [0.05, 0.1) is 17.7 Å². The van der Waals surface area contributed by atoms with Crippen LogP contribution in [0.15, 0.2) is 36.4 Å². The highest BCUT2D eigenvalue weighted by Gasteiger charge is 2.33. The molecule has 0 heterocycles. The minimum Gasteiger partial charge on any atom is -0.384 e. The lowest BCUT2D eigenvalue weighted by atomic mass is 9.82. The summed E-state index contributed by atoms with van der Waals surface area (Å²) in [4.78, 5) is 51.7. The number of carbonyl (C=O) groups excluding carboxylic acids is 4. The Balaban J connectivity index is 1.73. The van der Waals surface area contributed by atoms with Crippen LogP contribution in [0.4, 0.5) is 11.4 Å². The monoisotopic (exact) mass is 555 g/mol. The fraction of sp³-hybridized carbons (Fsp3) is 0.448. The van der Waals surface area contributed by atoms with Crippen LogP contribution < -0.4 is 16.0 Å². The molecule has 2 aromatic carbocycles. The van der Waals surface area contributed by atoms with E-state index in [0.29, 0.717) is 35.3 Å². The molecule has 0 aromatic heterocycles. The molecular formula is C29H37N3O8. The van der Waals surface area contributed by atoms with E-state index in [0.717, 1.165) is 0 Å². The first-order valence-electron chi connectivity index (χ1n) is 13.1. The number of anilines is 2. The average Bonchev–Trinajstić information content (AvgIpc) is 2.97. The quantitative estimate of drug-likeness (QED) is 0.213. The van der Waals surface area contributed by atoms with Crippen LogP contribution in [0.25, 0.3) is 0 Å². The number of methoxy groups -OCH3 is 4. The molecule has 0 saturated carbocycles. The highest BCUT2D eigenvalue weighted by molar-refractivity contribution is 6.31. The molecular weight excluding hydrogens is 518 g/mol. The van der Waals surface area contributed by atoms with Crippen LogP contribution in [0.2, 0.25) is 0 Å². The maximum absolute atomic E-state index is 13.6. The molecule has 11 heteroatoms. The summed E-state index contributed by atoms with van der Waals surface area (Å²) in [5.74, 6) is -0.774. The average molecular weight is 556 g/mol. The van der Waals surface area contributed by atoms with Crippen molar-refractivity contribution < 1.29 is 38.1 Å². The molecule has 1 amide bonds. The Labute approximate surface area is 233 Å². The van der Waals surface area contributed by atoms with E-state index in [1.807, 2.05) is 0 Å². The van der Waals surface area contributed by atoms with Crippen LogP contribution in [-0.2, 0) is 28.5 Å². The van der Waals surface area contributed by atoms with E-state index in [9.17, 15) is 19.2 Å². The van der Waals surface area contributed by atoms with Gasteiger partial charge in [-0.05, 0) is 12.1 Å². The van der Waals surface area contributed by atoms with Crippen molar-refractivity contribution >= 4 is 34.6 Å². The summed E-state index contributed by atoms with van der Waals surface area (Å²) in [6.45, 7) is 0.723. The third-order valence-corrected chi connectivity index (χ3v) is 6.64. The van der Waals surface area contributed by atoms with Crippen molar-refractivity contribution in [2.45, 2.75) is 38.3 Å². The molecule has 0 aliphatic heterocycles. The molecule has 1 aliphatic carbocycles. The number of fused-ring (bicyclic) bond motifs is 2. The predicted octanol–water partition coefficient (Wildman–Crippen LogP) is 2.77. The molecule has 0 bridgehead atoms. The van der Waals surface area contributed by atoms with Crippen LogP contribution >= 0.6 is 0 Å². The summed E-state index contributed by atoms with van der Waals surface area (Å²) < 4.78 is 20.4. The van der Waals surface area contributed by atoms with Crippen molar-refractivity contribution in [3.05, 3.63) is 58.7 Å². The van der Waals surface area contributed by atoms with E-state index in [4.69, 9.17) is 18.9 Å². The number of carbonyl (C=O) groups is 4. The van der Waals surface area contributed by atoms with E-state index < -0.39 is 12.6 Å². The zero-order valence-corrected chi connectivity index (χ0v) is 23.3. The van der Waals surface area contributed by atoms with E-state index >= 15 is 0 Å². The molecule has 0 spiro atoms. The summed E-state index contributed by atoms with van der Waals surface area (Å²) in [6, 6.07) is 10.1. The number of Topliss-reactive ketones (excluding diaryl/α,β-unsaturated/α-hetero) is 1. The summed E-state index contributed by atoms with van der Waals surface area (Å²) in [6.07, 6.45) is 0.119. The first-order chi connectivity index (χ1) is 19.3. The number of ether oxygens (including phenoxy) is 4. The summed E-state index contributed by atoms with van der Waals surface area (Å²) in [5, 5.41) is 9.03. The molecule has 2 aromatic rings. The number of hydrogen-bond donors (Lipinski definition) is 3. The van der Waals surface area contributed by atoms with E-state index in [1.165, 1.54) is 28.4 Å². The fourth-order valence-corrected chi connectivity index (χ4v) is 4.45. The van der Waals surface area contributed by atoms with Gasteiger partial charge in [0.2, 0.25) is 5.91 Å². The molecule has 0 atom stereocenters. The van der Waals surface area contributed by atoms with Crippen molar-refractivity contribution in [1.29, 1.82) is 0 Å². The lowest BCUT2D eigenvalue weighted by Gasteiger charge is -2.24. The van der Waals surface area contributed by atoms with Crippen molar-refractivity contribution in [1.82, 2.24) is 5.32 Å². The van der Waals surface area contributed by atoms with Crippen molar-refractivity contribution in [2.24, 2.45) is 0 Å². The second kappa shape index (κ2) is 15.2. The lowest BCUT2D eigenvalue weighted by Crippen LogP contribution is -2.35. The molecule has 216 valence electrons. The third kappa shape index (κ3) is 7.72. The van der Waals surface area contributed by atoms with Gasteiger partial charge in [-0.25, -0.2) is 0 Å². The Bertz CT molecular complexity index is 1120. The Hall–Kier alpha value is -3.64. The van der Waals surface area contributed by atoms with Gasteiger partial charge in [-0.1, -0.05) is 24.3 Å². The molecule has 0 unspecified atom stereocenters. The van der Waals surface area contributed by atoms with Crippen LogP contribution in [0.1, 0.15) is 57.5 Å². The van der Waals surface area contributed by atoms with E-state index in [2.05, 4.69) is 16.0 Å². The second-order valence-electron chi connectivity index (χ2n) is 9.15. The van der Waals surface area contributed by atoms with Gasteiger partial charge in [0.1, 0.15) is 5.78 Å². The van der Waals surface area contributed by atoms with Crippen molar-refractivity contribution in [3.63, 3.8) is 0 Å². The number of rotatable bonds is 17. The number of nitrogens with one attached hydrogen (secondary N) is 3. The molecule has 0 fully saturated rings. The topological polar surface area (TPSA) is 141 Å². The first-order valence-corrected chi connectivity index (χ1v) is 13.1. The molecule has 3 rings (SSSR count). The smallest absolute Gasteiger partial charge is 0.221 e. The van der Waals surface area contributed by atoms with Gasteiger partial charge >= 0.3 is 0 Å². The van der Waals surface area contributed by atoms with Crippen LogP contribution in [0, 0.1) is 0 Å². The highest BCUT2D eigenvalue weighted by atomic mass is 16.7. The zero-order valence-electron chi connectivity index (χ0n) is 23.3. The number of amides is 1. The summed E-state index contributed by atoms with van der Waals surface area (Å²) >= 11 is 0. The highest BCUT2D eigenvalue weighted by Crippen LogP contribution is 2.36. The van der Waals surface area contributed by atoms with Gasteiger partial charge < -0.3 is 34.9 Å². The molecule has 0 radical (unpaired) electrons. The number of hydrogen-bond acceptors (Lipinski definition) is 10. The standard InChI is InChI=1S/C29H37N3O8/c1-37-24(38-2)12-9-18(33)13-15-30-21-10-11-22(31-16-14-23(34)32-17-25(39-3)40-4)27-26(21)28(35)19-7-5-6-8-20(19)29(27)36/h5-8,10-11,24-25,30-31H,9,12-17H2,1-4H3,(H,32,34). The number of ketones is 3. The normalized spacial score (nSPS) is 12.3. The van der Waals surface area contributed by atoms with E-state index in [1.54, 1.807) is 36.4 Å². The summed E-state index contributed by atoms with van der Waals surface area (Å²) in [7, 11) is 6.01. The summed E-state index contributed by atoms with van der Waals surface area (Å²) in [5.41, 5.74) is 2.05. The van der Waals surface area contributed by atoms with Crippen molar-refractivity contribution in [2.75, 3.05) is 58.7 Å². The Kier molecular flexibility index (Phi) is 11.8. The first kappa shape index (κ1) is 30.9. The molecule has 40 heavy (non-hydrogen) atoms. The second-order valence-corrected chi connectivity index (χ2v) is 9.15. The van der Waals surface area contributed by atoms with Gasteiger partial charge in [0, 0.05) is 89.7 Å². The fourth-order valence-electron chi connectivity index (χ4n) is 4.45.